The third kappa shape index (κ3) is 5.33. The summed E-state index contributed by atoms with van der Waals surface area (Å²) >= 11 is 3.01. The molecule has 1 heterocycles. The molecule has 2 amide bonds. The molecule has 4 rings (SSSR count). The molecule has 1 aromatic heterocycles. The summed E-state index contributed by atoms with van der Waals surface area (Å²) in [6, 6.07) is 19.6. The predicted octanol–water partition coefficient (Wildman–Crippen LogP) is 6.47. The van der Waals surface area contributed by atoms with Gasteiger partial charge >= 0.3 is 0 Å². The normalized spacial score (nSPS) is 16.6. The maximum Gasteiger partial charge on any atom is 0.251 e. The zero-order valence-electron chi connectivity index (χ0n) is 19.3. The van der Waals surface area contributed by atoms with Crippen LogP contribution in [0.15, 0.2) is 65.6 Å². The van der Waals surface area contributed by atoms with E-state index in [9.17, 15) is 9.59 Å². The number of carbonyl (C=O) groups is 2. The average molecular weight is 479 g/mol. The SMILES string of the molecule is CC(C)(C)[C@H]1CCc2c(sc(NC(=O)[C@H](Sc3ccccc3)c3ccccc3)c2C(N)=O)C1. The van der Waals surface area contributed by atoms with Crippen molar-refractivity contribution in [1.82, 2.24) is 0 Å². The molecular formula is C27H30N2O2S2. The van der Waals surface area contributed by atoms with E-state index in [1.807, 2.05) is 60.7 Å². The van der Waals surface area contributed by atoms with E-state index >= 15 is 0 Å². The van der Waals surface area contributed by atoms with Gasteiger partial charge in [0.05, 0.1) is 5.56 Å². The number of thiophene rings is 1. The van der Waals surface area contributed by atoms with Gasteiger partial charge in [0.15, 0.2) is 0 Å². The minimum Gasteiger partial charge on any atom is -0.365 e. The van der Waals surface area contributed by atoms with Gasteiger partial charge in [-0.15, -0.1) is 23.1 Å². The highest BCUT2D eigenvalue weighted by Gasteiger charge is 2.34. The Bertz CT molecular complexity index is 1130. The first kappa shape index (κ1) is 23.6. The van der Waals surface area contributed by atoms with Crippen LogP contribution in [0.5, 0.6) is 0 Å². The van der Waals surface area contributed by atoms with Crippen LogP contribution in [0, 0.1) is 11.3 Å². The number of fused-ring (bicyclic) bond motifs is 1. The molecule has 6 heteroatoms. The minimum absolute atomic E-state index is 0.150. The number of thioether (sulfide) groups is 1. The highest BCUT2D eigenvalue weighted by Crippen LogP contribution is 2.45. The number of carbonyl (C=O) groups excluding carboxylic acids is 2. The van der Waals surface area contributed by atoms with Gasteiger partial charge in [-0.25, -0.2) is 0 Å². The number of primary amides is 1. The van der Waals surface area contributed by atoms with Crippen LogP contribution in [0.1, 0.15) is 58.8 Å². The fourth-order valence-corrected chi connectivity index (χ4v) is 6.77. The van der Waals surface area contributed by atoms with Gasteiger partial charge in [-0.2, -0.15) is 0 Å². The first-order chi connectivity index (χ1) is 15.7. The summed E-state index contributed by atoms with van der Waals surface area (Å²) in [6.07, 6.45) is 2.76. The summed E-state index contributed by atoms with van der Waals surface area (Å²) in [6.45, 7) is 6.79. The average Bonchev–Trinajstić information content (AvgIpc) is 3.15. The molecule has 33 heavy (non-hydrogen) atoms. The van der Waals surface area contributed by atoms with Crippen LogP contribution in [0.2, 0.25) is 0 Å². The Morgan fingerprint density at radius 3 is 2.30 bits per heavy atom. The van der Waals surface area contributed by atoms with Crippen molar-refractivity contribution in [2.24, 2.45) is 17.1 Å². The number of benzene rings is 2. The Balaban J connectivity index is 1.64. The lowest BCUT2D eigenvalue weighted by Crippen LogP contribution is -2.27. The predicted molar refractivity (Wildman–Crippen MR) is 138 cm³/mol. The molecule has 0 spiro atoms. The Hall–Kier alpha value is -2.57. The van der Waals surface area contributed by atoms with E-state index in [0.29, 0.717) is 16.5 Å². The van der Waals surface area contributed by atoms with Crippen LogP contribution in [-0.2, 0) is 17.6 Å². The standard InChI is InChI=1S/C27H30N2O2S2/c1-27(2,3)18-14-15-20-21(16-18)33-26(22(20)24(28)30)29-25(31)23(17-10-6-4-7-11-17)32-19-12-8-5-9-13-19/h4-13,18,23H,14-16H2,1-3H3,(H2,28,30)(H,29,31)/t18-,23+/m0/s1. The Labute approximate surface area is 204 Å². The summed E-state index contributed by atoms with van der Waals surface area (Å²) < 4.78 is 0. The highest BCUT2D eigenvalue weighted by atomic mass is 32.2. The molecule has 3 aromatic rings. The van der Waals surface area contributed by atoms with E-state index in [-0.39, 0.29) is 11.3 Å². The third-order valence-corrected chi connectivity index (χ3v) is 8.75. The molecule has 2 atom stereocenters. The van der Waals surface area contributed by atoms with Gasteiger partial charge in [0.25, 0.3) is 5.91 Å². The lowest BCUT2D eigenvalue weighted by molar-refractivity contribution is -0.115. The van der Waals surface area contributed by atoms with Crippen molar-refractivity contribution in [3.05, 3.63) is 82.2 Å². The zero-order chi connectivity index (χ0) is 23.6. The van der Waals surface area contributed by atoms with Crippen LogP contribution in [0.25, 0.3) is 0 Å². The monoisotopic (exact) mass is 478 g/mol. The second-order valence-electron chi connectivity index (χ2n) is 9.59. The van der Waals surface area contributed by atoms with Gasteiger partial charge in [-0.05, 0) is 53.9 Å². The molecule has 1 aliphatic carbocycles. The summed E-state index contributed by atoms with van der Waals surface area (Å²) in [4.78, 5) is 28.2. The Kier molecular flexibility index (Phi) is 6.96. The molecule has 1 aliphatic rings. The summed E-state index contributed by atoms with van der Waals surface area (Å²) in [5.74, 6) is -0.0777. The van der Waals surface area contributed by atoms with E-state index in [0.717, 1.165) is 35.3 Å². The molecule has 3 N–H and O–H groups in total. The van der Waals surface area contributed by atoms with Gasteiger partial charge in [-0.1, -0.05) is 69.3 Å². The van der Waals surface area contributed by atoms with Crippen molar-refractivity contribution in [3.8, 4) is 0 Å². The number of nitrogens with one attached hydrogen (secondary N) is 1. The smallest absolute Gasteiger partial charge is 0.251 e. The molecular weight excluding hydrogens is 448 g/mol. The van der Waals surface area contributed by atoms with Gasteiger partial charge < -0.3 is 11.1 Å². The molecule has 172 valence electrons. The van der Waals surface area contributed by atoms with Crippen molar-refractivity contribution in [3.63, 3.8) is 0 Å². The molecule has 0 saturated heterocycles. The van der Waals surface area contributed by atoms with E-state index in [1.54, 1.807) is 0 Å². The van der Waals surface area contributed by atoms with Crippen LogP contribution >= 0.6 is 23.1 Å². The van der Waals surface area contributed by atoms with Gasteiger partial charge in [0, 0.05) is 9.77 Å². The summed E-state index contributed by atoms with van der Waals surface area (Å²) in [5.41, 5.74) is 8.43. The Morgan fingerprint density at radius 1 is 1.06 bits per heavy atom. The highest BCUT2D eigenvalue weighted by molar-refractivity contribution is 8.00. The number of nitrogens with two attached hydrogens (primary N) is 1. The molecule has 2 aromatic carbocycles. The van der Waals surface area contributed by atoms with Gasteiger partial charge in [0.2, 0.25) is 5.91 Å². The summed E-state index contributed by atoms with van der Waals surface area (Å²) in [7, 11) is 0. The molecule has 4 nitrogen and oxygen atoms in total. The van der Waals surface area contributed by atoms with E-state index in [4.69, 9.17) is 5.73 Å². The number of hydrogen-bond acceptors (Lipinski definition) is 4. The molecule has 0 fully saturated rings. The summed E-state index contributed by atoms with van der Waals surface area (Å²) in [5, 5.41) is 3.22. The topological polar surface area (TPSA) is 72.2 Å². The van der Waals surface area contributed by atoms with E-state index in [1.165, 1.54) is 28.0 Å². The van der Waals surface area contributed by atoms with Crippen LogP contribution in [0.3, 0.4) is 0 Å². The minimum atomic E-state index is -0.469. The van der Waals surface area contributed by atoms with E-state index < -0.39 is 11.2 Å². The molecule has 0 radical (unpaired) electrons. The zero-order valence-corrected chi connectivity index (χ0v) is 20.9. The maximum atomic E-state index is 13.6. The fourth-order valence-electron chi connectivity index (χ4n) is 4.39. The molecule has 0 saturated carbocycles. The van der Waals surface area contributed by atoms with Gasteiger partial charge in [-0.3, -0.25) is 9.59 Å². The second kappa shape index (κ2) is 9.74. The van der Waals surface area contributed by atoms with Gasteiger partial charge in [0.1, 0.15) is 10.3 Å². The Morgan fingerprint density at radius 2 is 1.70 bits per heavy atom. The number of hydrogen-bond donors (Lipinski definition) is 2. The second-order valence-corrected chi connectivity index (χ2v) is 11.9. The van der Waals surface area contributed by atoms with Crippen molar-refractivity contribution in [2.75, 3.05) is 5.32 Å². The first-order valence-corrected chi connectivity index (χ1v) is 13.0. The van der Waals surface area contributed by atoms with Crippen molar-refractivity contribution >= 4 is 39.9 Å². The van der Waals surface area contributed by atoms with Crippen LogP contribution < -0.4 is 11.1 Å². The van der Waals surface area contributed by atoms with Crippen molar-refractivity contribution < 1.29 is 9.59 Å². The van der Waals surface area contributed by atoms with Crippen molar-refractivity contribution in [2.45, 2.75) is 50.2 Å². The van der Waals surface area contributed by atoms with E-state index in [2.05, 4.69) is 26.1 Å². The molecule has 0 aliphatic heterocycles. The third-order valence-electron chi connectivity index (χ3n) is 6.31. The fraction of sp³-hybridized carbons (Fsp3) is 0.333. The largest absolute Gasteiger partial charge is 0.365 e. The number of rotatable bonds is 6. The molecule has 0 unspecified atom stereocenters. The first-order valence-electron chi connectivity index (χ1n) is 11.3. The number of amides is 2. The lowest BCUT2D eigenvalue weighted by Gasteiger charge is -2.33. The number of anilines is 1. The van der Waals surface area contributed by atoms with Crippen molar-refractivity contribution in [1.29, 1.82) is 0 Å². The van der Waals surface area contributed by atoms with Crippen LogP contribution in [-0.4, -0.2) is 11.8 Å². The quantitative estimate of drug-likeness (QED) is 0.399. The van der Waals surface area contributed by atoms with Crippen LogP contribution in [0.4, 0.5) is 5.00 Å². The molecule has 0 bridgehead atoms. The maximum absolute atomic E-state index is 13.6. The lowest BCUT2D eigenvalue weighted by atomic mass is 9.72.